The van der Waals surface area contributed by atoms with Gasteiger partial charge in [0.05, 0.1) is 6.61 Å². The summed E-state index contributed by atoms with van der Waals surface area (Å²) in [7, 11) is 0. The lowest BCUT2D eigenvalue weighted by Crippen LogP contribution is -2.19. The molecule has 1 aromatic rings. The van der Waals surface area contributed by atoms with E-state index in [0.717, 1.165) is 30.8 Å². The molecule has 19 heavy (non-hydrogen) atoms. The van der Waals surface area contributed by atoms with E-state index in [0.29, 0.717) is 12.5 Å². The van der Waals surface area contributed by atoms with E-state index in [1.807, 2.05) is 6.92 Å². The second kappa shape index (κ2) is 8.00. The Balaban J connectivity index is 2.63. The van der Waals surface area contributed by atoms with Crippen LogP contribution in [0.25, 0.3) is 0 Å². The largest absolute Gasteiger partial charge is 0.493 e. The van der Waals surface area contributed by atoms with Crippen molar-refractivity contribution in [2.24, 2.45) is 5.92 Å². The lowest BCUT2D eigenvalue weighted by Gasteiger charge is -2.15. The molecule has 0 fully saturated rings. The molecule has 0 radical (unpaired) electrons. The second-order valence-electron chi connectivity index (χ2n) is 5.64. The van der Waals surface area contributed by atoms with Crippen molar-refractivity contribution in [1.82, 2.24) is 5.32 Å². The van der Waals surface area contributed by atoms with Gasteiger partial charge in [-0.2, -0.15) is 0 Å². The molecule has 0 aliphatic carbocycles. The first-order chi connectivity index (χ1) is 9.00. The average Bonchev–Trinajstić information content (AvgIpc) is 2.31. The first-order valence-electron chi connectivity index (χ1n) is 7.07. The third-order valence-corrected chi connectivity index (χ3v) is 2.94. The van der Waals surface area contributed by atoms with Crippen LogP contribution in [0.5, 0.6) is 5.75 Å². The maximum Gasteiger partial charge on any atom is 0.126 e. The highest BCUT2D eigenvalue weighted by molar-refractivity contribution is 5.40. The van der Waals surface area contributed by atoms with Gasteiger partial charge < -0.3 is 10.1 Å². The zero-order valence-electron chi connectivity index (χ0n) is 12.8. The fourth-order valence-electron chi connectivity index (χ4n) is 1.88. The number of hydrogen-bond donors (Lipinski definition) is 1. The topological polar surface area (TPSA) is 21.3 Å². The minimum Gasteiger partial charge on any atom is -0.493 e. The van der Waals surface area contributed by atoms with Crippen molar-refractivity contribution < 1.29 is 4.74 Å². The molecule has 0 aliphatic rings. The quantitative estimate of drug-likeness (QED) is 0.712. The van der Waals surface area contributed by atoms with E-state index in [2.05, 4.69) is 50.9 Å². The van der Waals surface area contributed by atoms with Gasteiger partial charge in [0, 0.05) is 18.5 Å². The highest BCUT2D eigenvalue weighted by Crippen LogP contribution is 2.23. The van der Waals surface area contributed by atoms with Crippen LogP contribution >= 0.6 is 0 Å². The molecule has 2 nitrogen and oxygen atoms in total. The normalized spacial score (nSPS) is 10.8. The minimum atomic E-state index is 0.664. The van der Waals surface area contributed by atoms with E-state index in [-0.39, 0.29) is 0 Å². The van der Waals surface area contributed by atoms with Crippen LogP contribution in [0.2, 0.25) is 0 Å². The Morgan fingerprint density at radius 2 is 2.11 bits per heavy atom. The zero-order chi connectivity index (χ0) is 14.3. The molecule has 1 rings (SSSR count). The summed E-state index contributed by atoms with van der Waals surface area (Å²) in [4.78, 5) is 0. The monoisotopic (exact) mass is 261 g/mol. The Morgan fingerprint density at radius 3 is 2.74 bits per heavy atom. The number of aryl methyl sites for hydroxylation is 1. The summed E-state index contributed by atoms with van der Waals surface area (Å²) in [5.74, 6) is 1.69. The molecule has 0 saturated carbocycles. The Bertz CT molecular complexity index is 410. The molecule has 0 amide bonds. The third kappa shape index (κ3) is 5.93. The van der Waals surface area contributed by atoms with Gasteiger partial charge in [-0.05, 0) is 31.9 Å². The number of rotatable bonds is 8. The fraction of sp³-hybridized carbons (Fsp3) is 0.529. The predicted molar refractivity (Wildman–Crippen MR) is 82.6 cm³/mol. The molecule has 106 valence electrons. The summed E-state index contributed by atoms with van der Waals surface area (Å²) in [5, 5.41) is 3.47. The Labute approximate surface area is 117 Å². The van der Waals surface area contributed by atoms with Crippen LogP contribution in [-0.4, -0.2) is 13.2 Å². The van der Waals surface area contributed by atoms with Crippen LogP contribution in [0.15, 0.2) is 30.4 Å². The van der Waals surface area contributed by atoms with E-state index in [9.17, 15) is 0 Å². The van der Waals surface area contributed by atoms with Crippen LogP contribution in [0, 0.1) is 12.8 Å². The number of nitrogens with one attached hydrogen (secondary N) is 1. The van der Waals surface area contributed by atoms with Gasteiger partial charge in [-0.25, -0.2) is 0 Å². The van der Waals surface area contributed by atoms with Gasteiger partial charge in [-0.3, -0.25) is 0 Å². The van der Waals surface area contributed by atoms with Crippen LogP contribution in [0.1, 0.15) is 38.3 Å². The van der Waals surface area contributed by atoms with E-state index in [1.54, 1.807) is 0 Å². The molecule has 0 atom stereocenters. The molecule has 0 bridgehead atoms. The van der Waals surface area contributed by atoms with Crippen molar-refractivity contribution in [1.29, 1.82) is 0 Å². The van der Waals surface area contributed by atoms with Crippen molar-refractivity contribution in [3.05, 3.63) is 41.5 Å². The smallest absolute Gasteiger partial charge is 0.126 e. The highest BCUT2D eigenvalue weighted by atomic mass is 16.5. The molecular formula is C17H27NO. The molecule has 0 heterocycles. The van der Waals surface area contributed by atoms with Gasteiger partial charge in [-0.15, -0.1) is 6.58 Å². The van der Waals surface area contributed by atoms with Crippen LogP contribution in [0.4, 0.5) is 0 Å². The van der Waals surface area contributed by atoms with Crippen LogP contribution in [0.3, 0.4) is 0 Å². The summed E-state index contributed by atoms with van der Waals surface area (Å²) in [6.07, 6.45) is 0.910. The zero-order valence-corrected chi connectivity index (χ0v) is 12.8. The van der Waals surface area contributed by atoms with E-state index < -0.39 is 0 Å². The highest BCUT2D eigenvalue weighted by Gasteiger charge is 2.07. The predicted octanol–water partition coefficient (Wildman–Crippen LogP) is 4.09. The lowest BCUT2D eigenvalue weighted by molar-refractivity contribution is 0.315. The molecule has 1 aromatic carbocycles. The third-order valence-electron chi connectivity index (χ3n) is 2.94. The van der Waals surface area contributed by atoms with Gasteiger partial charge >= 0.3 is 0 Å². The summed E-state index contributed by atoms with van der Waals surface area (Å²) >= 11 is 0. The number of ether oxygens (including phenoxy) is 1. The number of hydrogen-bond acceptors (Lipinski definition) is 2. The van der Waals surface area contributed by atoms with Crippen molar-refractivity contribution in [2.75, 3.05) is 13.2 Å². The number of para-hydroxylation sites is 1. The maximum absolute atomic E-state index is 5.94. The van der Waals surface area contributed by atoms with Gasteiger partial charge in [-0.1, -0.05) is 37.6 Å². The molecule has 0 saturated heterocycles. The SMILES string of the molecule is C=C(C)CCOc1c(C)cccc1CNCC(C)C. The van der Waals surface area contributed by atoms with Crippen molar-refractivity contribution in [2.45, 2.75) is 40.7 Å². The molecule has 1 N–H and O–H groups in total. The minimum absolute atomic E-state index is 0.664. The van der Waals surface area contributed by atoms with Gasteiger partial charge in [0.25, 0.3) is 0 Å². The lowest BCUT2D eigenvalue weighted by atomic mass is 10.1. The molecule has 2 heteroatoms. The van der Waals surface area contributed by atoms with Gasteiger partial charge in [0.2, 0.25) is 0 Å². The molecular weight excluding hydrogens is 234 g/mol. The van der Waals surface area contributed by atoms with Gasteiger partial charge in [0.1, 0.15) is 5.75 Å². The van der Waals surface area contributed by atoms with Gasteiger partial charge in [0.15, 0.2) is 0 Å². The molecule has 0 aromatic heterocycles. The number of benzene rings is 1. The summed E-state index contributed by atoms with van der Waals surface area (Å²) in [5.41, 5.74) is 3.60. The standard InChI is InChI=1S/C17H27NO/c1-13(2)9-10-19-17-15(5)7-6-8-16(17)12-18-11-14(3)4/h6-8,14,18H,1,9-12H2,2-5H3. The maximum atomic E-state index is 5.94. The van der Waals surface area contributed by atoms with E-state index in [4.69, 9.17) is 4.74 Å². The first-order valence-corrected chi connectivity index (χ1v) is 7.07. The fourth-order valence-corrected chi connectivity index (χ4v) is 1.88. The Hall–Kier alpha value is -1.28. The van der Waals surface area contributed by atoms with E-state index in [1.165, 1.54) is 11.1 Å². The Kier molecular flexibility index (Phi) is 6.65. The molecule has 0 spiro atoms. The van der Waals surface area contributed by atoms with Crippen molar-refractivity contribution >= 4 is 0 Å². The Morgan fingerprint density at radius 1 is 1.37 bits per heavy atom. The molecule has 0 aliphatic heterocycles. The summed E-state index contributed by atoms with van der Waals surface area (Å²) < 4.78 is 5.94. The summed E-state index contributed by atoms with van der Waals surface area (Å²) in [6, 6.07) is 6.33. The molecule has 0 unspecified atom stereocenters. The average molecular weight is 261 g/mol. The second-order valence-corrected chi connectivity index (χ2v) is 5.64. The van der Waals surface area contributed by atoms with Crippen molar-refractivity contribution in [3.63, 3.8) is 0 Å². The van der Waals surface area contributed by atoms with Crippen LogP contribution < -0.4 is 10.1 Å². The first kappa shape index (κ1) is 15.8. The van der Waals surface area contributed by atoms with Crippen molar-refractivity contribution in [3.8, 4) is 5.75 Å². The van der Waals surface area contributed by atoms with Crippen LogP contribution in [-0.2, 0) is 6.54 Å². The van der Waals surface area contributed by atoms with E-state index >= 15 is 0 Å². The summed E-state index contributed by atoms with van der Waals surface area (Å²) in [6.45, 7) is 15.1.